The Morgan fingerprint density at radius 1 is 0.568 bits per heavy atom. The van der Waals surface area contributed by atoms with Gasteiger partial charge in [-0.15, -0.1) is 0 Å². The highest BCUT2D eigenvalue weighted by Gasteiger charge is 2.16. The van der Waals surface area contributed by atoms with Gasteiger partial charge in [-0.1, -0.05) is 149 Å². The molecule has 1 unspecified atom stereocenters. The number of hydrogen-bond acceptors (Lipinski definition) is 4. The van der Waals surface area contributed by atoms with Crippen LogP contribution in [-0.2, 0) is 14.3 Å². The van der Waals surface area contributed by atoms with Crippen LogP contribution in [0.4, 0.5) is 0 Å². The number of likely N-dealkylation sites (tertiary alicyclic amines) is 1. The van der Waals surface area contributed by atoms with Crippen molar-refractivity contribution >= 4 is 5.97 Å². The molecular weight excluding hydrogens is 542 g/mol. The molecule has 0 amide bonds. The van der Waals surface area contributed by atoms with Gasteiger partial charge >= 0.3 is 5.97 Å². The van der Waals surface area contributed by atoms with Gasteiger partial charge in [0, 0.05) is 20.1 Å². The predicted octanol–water partition coefficient (Wildman–Crippen LogP) is 12.2. The third-order valence-corrected chi connectivity index (χ3v) is 10.0. The summed E-state index contributed by atoms with van der Waals surface area (Å²) < 4.78 is 11.2. The SMILES string of the molecule is CCCCCC(CCCCC)CCCCCCCCCCC(CCCCCCCCCOC)OC(=O)CCCN1CCCC1. The van der Waals surface area contributed by atoms with E-state index in [1.807, 2.05) is 0 Å². The number of hydrogen-bond donors (Lipinski definition) is 0. The first-order valence-corrected chi connectivity index (χ1v) is 20.1. The predicted molar refractivity (Wildman–Crippen MR) is 192 cm³/mol. The summed E-state index contributed by atoms with van der Waals surface area (Å²) in [6.07, 6.45) is 39.1. The van der Waals surface area contributed by atoms with E-state index in [4.69, 9.17) is 9.47 Å². The number of rotatable bonds is 34. The van der Waals surface area contributed by atoms with Crippen molar-refractivity contribution in [2.24, 2.45) is 5.92 Å². The number of unbranched alkanes of at least 4 members (excludes halogenated alkanes) is 17. The zero-order chi connectivity index (χ0) is 31.8. The van der Waals surface area contributed by atoms with E-state index < -0.39 is 0 Å². The third-order valence-electron chi connectivity index (χ3n) is 10.0. The quantitative estimate of drug-likeness (QED) is 0.0529. The zero-order valence-electron chi connectivity index (χ0n) is 30.4. The number of ether oxygens (including phenoxy) is 2. The highest BCUT2D eigenvalue weighted by atomic mass is 16.5. The Hall–Kier alpha value is -0.610. The zero-order valence-corrected chi connectivity index (χ0v) is 30.4. The number of carbonyl (C=O) groups is 1. The van der Waals surface area contributed by atoms with Crippen molar-refractivity contribution in [3.8, 4) is 0 Å². The Balaban J connectivity index is 2.18. The standard InChI is InChI=1S/C40H79NO3/c1-4-6-19-28-38(29-20-7-5-2)30-21-15-11-8-9-12-16-22-31-39(32-23-17-13-10-14-18-26-37-43-3)44-40(42)33-27-36-41-34-24-25-35-41/h38-39H,4-37H2,1-3H3. The summed E-state index contributed by atoms with van der Waals surface area (Å²) in [6.45, 7) is 9.03. The van der Waals surface area contributed by atoms with Crippen LogP contribution >= 0.6 is 0 Å². The fourth-order valence-corrected chi connectivity index (χ4v) is 7.13. The van der Waals surface area contributed by atoms with Crippen LogP contribution in [0.25, 0.3) is 0 Å². The van der Waals surface area contributed by atoms with Gasteiger partial charge in [-0.05, 0) is 76.9 Å². The van der Waals surface area contributed by atoms with Gasteiger partial charge in [0.15, 0.2) is 0 Å². The van der Waals surface area contributed by atoms with Crippen molar-refractivity contribution in [3.63, 3.8) is 0 Å². The van der Waals surface area contributed by atoms with Crippen molar-refractivity contribution < 1.29 is 14.3 Å². The molecule has 4 nitrogen and oxygen atoms in total. The molecule has 1 heterocycles. The molecular formula is C40H79NO3. The van der Waals surface area contributed by atoms with Crippen LogP contribution in [0, 0.1) is 5.92 Å². The van der Waals surface area contributed by atoms with E-state index in [9.17, 15) is 4.79 Å². The van der Waals surface area contributed by atoms with Crippen molar-refractivity contribution in [2.45, 2.75) is 213 Å². The van der Waals surface area contributed by atoms with Crippen molar-refractivity contribution in [1.29, 1.82) is 0 Å². The van der Waals surface area contributed by atoms with Gasteiger partial charge in [-0.25, -0.2) is 0 Å². The maximum atomic E-state index is 12.7. The molecule has 1 saturated heterocycles. The fraction of sp³-hybridized carbons (Fsp3) is 0.975. The first-order chi connectivity index (χ1) is 21.7. The average Bonchev–Trinajstić information content (AvgIpc) is 3.54. The van der Waals surface area contributed by atoms with E-state index in [1.54, 1.807) is 7.11 Å². The summed E-state index contributed by atoms with van der Waals surface area (Å²) in [5.41, 5.74) is 0. The molecule has 1 fully saturated rings. The molecule has 1 aliphatic heterocycles. The van der Waals surface area contributed by atoms with Gasteiger partial charge < -0.3 is 14.4 Å². The molecule has 0 aromatic carbocycles. The van der Waals surface area contributed by atoms with Crippen molar-refractivity contribution in [1.82, 2.24) is 4.90 Å². The van der Waals surface area contributed by atoms with Crippen LogP contribution in [0.3, 0.4) is 0 Å². The monoisotopic (exact) mass is 622 g/mol. The van der Waals surface area contributed by atoms with Crippen molar-refractivity contribution in [3.05, 3.63) is 0 Å². The molecule has 0 aromatic rings. The molecule has 44 heavy (non-hydrogen) atoms. The molecule has 0 spiro atoms. The molecule has 4 heteroatoms. The molecule has 262 valence electrons. The Labute approximate surface area is 276 Å². The average molecular weight is 622 g/mol. The van der Waals surface area contributed by atoms with Crippen LogP contribution < -0.4 is 0 Å². The van der Waals surface area contributed by atoms with Crippen LogP contribution in [0.2, 0.25) is 0 Å². The Morgan fingerprint density at radius 2 is 1.00 bits per heavy atom. The smallest absolute Gasteiger partial charge is 0.306 e. The van der Waals surface area contributed by atoms with E-state index in [-0.39, 0.29) is 12.1 Å². The fourth-order valence-electron chi connectivity index (χ4n) is 7.13. The minimum Gasteiger partial charge on any atom is -0.462 e. The minimum absolute atomic E-state index is 0.0466. The van der Waals surface area contributed by atoms with Gasteiger partial charge in [-0.2, -0.15) is 0 Å². The molecule has 0 N–H and O–H groups in total. The Kier molecular flexibility index (Phi) is 30.4. The number of esters is 1. The first kappa shape index (κ1) is 41.4. The molecule has 0 radical (unpaired) electrons. The van der Waals surface area contributed by atoms with Gasteiger partial charge in [0.2, 0.25) is 0 Å². The lowest BCUT2D eigenvalue weighted by molar-refractivity contribution is -0.150. The highest BCUT2D eigenvalue weighted by Crippen LogP contribution is 2.24. The minimum atomic E-state index is 0.0466. The van der Waals surface area contributed by atoms with Gasteiger partial charge in [0.05, 0.1) is 0 Å². The number of nitrogens with zero attached hydrogens (tertiary/aromatic N) is 1. The summed E-state index contributed by atoms with van der Waals surface area (Å²) in [4.78, 5) is 15.2. The molecule has 1 aliphatic rings. The normalized spacial score (nSPS) is 14.5. The van der Waals surface area contributed by atoms with E-state index >= 15 is 0 Å². The molecule has 1 atom stereocenters. The molecule has 0 aromatic heterocycles. The second-order valence-electron chi connectivity index (χ2n) is 14.3. The number of methoxy groups -OCH3 is 1. The summed E-state index contributed by atoms with van der Waals surface area (Å²) in [7, 11) is 1.79. The maximum absolute atomic E-state index is 12.7. The van der Waals surface area contributed by atoms with E-state index in [0.29, 0.717) is 6.42 Å². The maximum Gasteiger partial charge on any atom is 0.306 e. The van der Waals surface area contributed by atoms with Gasteiger partial charge in [-0.3, -0.25) is 4.79 Å². The second-order valence-corrected chi connectivity index (χ2v) is 14.3. The summed E-state index contributed by atoms with van der Waals surface area (Å²) in [6, 6.07) is 0. The van der Waals surface area contributed by atoms with Crippen LogP contribution in [0.1, 0.15) is 206 Å². The van der Waals surface area contributed by atoms with Crippen LogP contribution in [-0.4, -0.2) is 50.3 Å². The van der Waals surface area contributed by atoms with E-state index in [0.717, 1.165) is 38.3 Å². The van der Waals surface area contributed by atoms with E-state index in [2.05, 4.69) is 18.7 Å². The topological polar surface area (TPSA) is 38.8 Å². The van der Waals surface area contributed by atoms with Crippen molar-refractivity contribution in [2.75, 3.05) is 33.4 Å². The molecule has 0 bridgehead atoms. The molecule has 0 saturated carbocycles. The van der Waals surface area contributed by atoms with Crippen LogP contribution in [0.15, 0.2) is 0 Å². The summed E-state index contributed by atoms with van der Waals surface area (Å²) >= 11 is 0. The second kappa shape index (κ2) is 32.3. The first-order valence-electron chi connectivity index (χ1n) is 20.1. The lowest BCUT2D eigenvalue weighted by atomic mass is 9.90. The Bertz CT molecular complexity index is 581. The van der Waals surface area contributed by atoms with Crippen LogP contribution in [0.5, 0.6) is 0 Å². The largest absolute Gasteiger partial charge is 0.462 e. The van der Waals surface area contributed by atoms with E-state index in [1.165, 1.54) is 180 Å². The van der Waals surface area contributed by atoms with Gasteiger partial charge in [0.1, 0.15) is 6.10 Å². The lowest BCUT2D eigenvalue weighted by Crippen LogP contribution is -2.23. The Morgan fingerprint density at radius 3 is 1.48 bits per heavy atom. The third kappa shape index (κ3) is 26.6. The highest BCUT2D eigenvalue weighted by molar-refractivity contribution is 5.69. The van der Waals surface area contributed by atoms with Gasteiger partial charge in [0.25, 0.3) is 0 Å². The summed E-state index contributed by atoms with van der Waals surface area (Å²) in [5, 5.41) is 0. The summed E-state index contributed by atoms with van der Waals surface area (Å²) in [5.74, 6) is 1.04. The number of carbonyl (C=O) groups excluding carboxylic acids is 1. The molecule has 0 aliphatic carbocycles. The molecule has 1 rings (SSSR count). The lowest BCUT2D eigenvalue weighted by Gasteiger charge is -2.19.